The van der Waals surface area contributed by atoms with Gasteiger partial charge in [0.1, 0.15) is 5.75 Å². The Bertz CT molecular complexity index is 473. The molecule has 0 spiro atoms. The number of hydrogen-bond acceptors (Lipinski definition) is 2. The first kappa shape index (κ1) is 12.6. The maximum Gasteiger partial charge on any atom is 0.119 e. The van der Waals surface area contributed by atoms with E-state index >= 15 is 0 Å². The predicted molar refractivity (Wildman–Crippen MR) is 74.0 cm³/mol. The zero-order valence-corrected chi connectivity index (χ0v) is 11.0. The van der Waals surface area contributed by atoms with E-state index in [1.807, 2.05) is 18.3 Å². The van der Waals surface area contributed by atoms with Crippen LogP contribution in [0.2, 0.25) is 0 Å². The van der Waals surface area contributed by atoms with Crippen molar-refractivity contribution >= 4 is 0 Å². The summed E-state index contributed by atoms with van der Waals surface area (Å²) in [7, 11) is 0. The van der Waals surface area contributed by atoms with Crippen molar-refractivity contribution in [1.82, 2.24) is 4.98 Å². The van der Waals surface area contributed by atoms with E-state index in [0.29, 0.717) is 6.61 Å². The first-order valence-electron chi connectivity index (χ1n) is 6.41. The van der Waals surface area contributed by atoms with E-state index in [1.165, 1.54) is 11.1 Å². The van der Waals surface area contributed by atoms with Crippen LogP contribution in [0.15, 0.2) is 42.6 Å². The number of aromatic nitrogens is 1. The van der Waals surface area contributed by atoms with Crippen molar-refractivity contribution in [3.63, 3.8) is 0 Å². The molecule has 18 heavy (non-hydrogen) atoms. The van der Waals surface area contributed by atoms with Gasteiger partial charge < -0.3 is 4.74 Å². The molecule has 1 aromatic carbocycles. The van der Waals surface area contributed by atoms with Crippen LogP contribution in [0.25, 0.3) is 0 Å². The largest absolute Gasteiger partial charge is 0.493 e. The molecule has 0 N–H and O–H groups in total. The predicted octanol–water partition coefficient (Wildman–Crippen LogP) is 3.57. The van der Waals surface area contributed by atoms with Gasteiger partial charge in [-0.15, -0.1) is 0 Å². The van der Waals surface area contributed by atoms with Crippen LogP contribution >= 0.6 is 0 Å². The quantitative estimate of drug-likeness (QED) is 0.798. The summed E-state index contributed by atoms with van der Waals surface area (Å²) in [6.45, 7) is 4.88. The fourth-order valence-electron chi connectivity index (χ4n) is 1.72. The van der Waals surface area contributed by atoms with Gasteiger partial charge in [0.2, 0.25) is 0 Å². The Balaban J connectivity index is 1.82. The van der Waals surface area contributed by atoms with Gasteiger partial charge in [-0.05, 0) is 37.1 Å². The maximum atomic E-state index is 5.68. The molecular weight excluding hydrogens is 222 g/mol. The van der Waals surface area contributed by atoms with Gasteiger partial charge in [0.25, 0.3) is 0 Å². The first-order chi connectivity index (χ1) is 8.78. The SMILES string of the molecule is CCc1ccc(CCOc2ccc(C)cc2)nc1. The summed E-state index contributed by atoms with van der Waals surface area (Å²) in [4.78, 5) is 4.41. The summed E-state index contributed by atoms with van der Waals surface area (Å²) in [6.07, 6.45) is 3.83. The molecule has 0 saturated carbocycles. The molecule has 0 radical (unpaired) electrons. The smallest absolute Gasteiger partial charge is 0.119 e. The van der Waals surface area contributed by atoms with E-state index in [1.54, 1.807) is 0 Å². The van der Waals surface area contributed by atoms with E-state index in [-0.39, 0.29) is 0 Å². The minimum absolute atomic E-state index is 0.668. The summed E-state index contributed by atoms with van der Waals surface area (Å²) >= 11 is 0. The Morgan fingerprint density at radius 2 is 1.83 bits per heavy atom. The highest BCUT2D eigenvalue weighted by molar-refractivity contribution is 5.26. The third kappa shape index (κ3) is 3.59. The van der Waals surface area contributed by atoms with Crippen molar-refractivity contribution < 1.29 is 4.74 Å². The van der Waals surface area contributed by atoms with Crippen molar-refractivity contribution in [3.05, 3.63) is 59.4 Å². The van der Waals surface area contributed by atoms with E-state index in [9.17, 15) is 0 Å². The molecule has 2 rings (SSSR count). The molecule has 0 fully saturated rings. The third-order valence-corrected chi connectivity index (χ3v) is 2.94. The monoisotopic (exact) mass is 241 g/mol. The summed E-state index contributed by atoms with van der Waals surface area (Å²) < 4.78 is 5.68. The molecule has 0 aliphatic heterocycles. The molecular formula is C16H19NO. The van der Waals surface area contributed by atoms with Crippen LogP contribution in [0.5, 0.6) is 5.75 Å². The molecule has 2 heteroatoms. The first-order valence-corrected chi connectivity index (χ1v) is 6.41. The second-order valence-corrected chi connectivity index (χ2v) is 4.42. The number of nitrogens with zero attached hydrogens (tertiary/aromatic N) is 1. The topological polar surface area (TPSA) is 22.1 Å². The number of hydrogen-bond donors (Lipinski definition) is 0. The van der Waals surface area contributed by atoms with Crippen LogP contribution in [-0.4, -0.2) is 11.6 Å². The zero-order valence-electron chi connectivity index (χ0n) is 11.0. The fourth-order valence-corrected chi connectivity index (χ4v) is 1.72. The van der Waals surface area contributed by atoms with Crippen LogP contribution in [0.4, 0.5) is 0 Å². The third-order valence-electron chi connectivity index (χ3n) is 2.94. The second-order valence-electron chi connectivity index (χ2n) is 4.42. The van der Waals surface area contributed by atoms with Crippen molar-refractivity contribution in [2.75, 3.05) is 6.61 Å². The molecule has 0 unspecified atom stereocenters. The highest BCUT2D eigenvalue weighted by Crippen LogP contribution is 2.11. The Morgan fingerprint density at radius 3 is 2.44 bits per heavy atom. The Morgan fingerprint density at radius 1 is 1.06 bits per heavy atom. The van der Waals surface area contributed by atoms with Crippen LogP contribution in [0.3, 0.4) is 0 Å². The molecule has 1 aromatic heterocycles. The molecule has 0 saturated heterocycles. The van der Waals surface area contributed by atoms with Crippen LogP contribution in [0.1, 0.15) is 23.7 Å². The fraction of sp³-hybridized carbons (Fsp3) is 0.312. The van der Waals surface area contributed by atoms with Gasteiger partial charge in [-0.1, -0.05) is 30.7 Å². The van der Waals surface area contributed by atoms with Crippen LogP contribution < -0.4 is 4.74 Å². The lowest BCUT2D eigenvalue weighted by molar-refractivity contribution is 0.320. The average molecular weight is 241 g/mol. The molecule has 1 heterocycles. The molecule has 0 amide bonds. The number of ether oxygens (including phenoxy) is 1. The minimum atomic E-state index is 0.668. The Hall–Kier alpha value is -1.83. The van der Waals surface area contributed by atoms with E-state index in [2.05, 4.69) is 43.1 Å². The van der Waals surface area contributed by atoms with E-state index in [0.717, 1.165) is 24.3 Å². The van der Waals surface area contributed by atoms with Gasteiger partial charge in [-0.2, -0.15) is 0 Å². The van der Waals surface area contributed by atoms with Gasteiger partial charge in [-0.3, -0.25) is 4.98 Å². The number of benzene rings is 1. The van der Waals surface area contributed by atoms with Gasteiger partial charge >= 0.3 is 0 Å². The summed E-state index contributed by atoms with van der Waals surface area (Å²) in [5, 5.41) is 0. The normalized spacial score (nSPS) is 10.3. The molecule has 2 aromatic rings. The van der Waals surface area contributed by atoms with Crippen molar-refractivity contribution in [2.45, 2.75) is 26.7 Å². The van der Waals surface area contributed by atoms with Crippen molar-refractivity contribution in [2.24, 2.45) is 0 Å². The minimum Gasteiger partial charge on any atom is -0.493 e. The summed E-state index contributed by atoms with van der Waals surface area (Å²) in [5.41, 5.74) is 3.61. The molecule has 0 atom stereocenters. The van der Waals surface area contributed by atoms with E-state index < -0.39 is 0 Å². The second kappa shape index (κ2) is 6.20. The van der Waals surface area contributed by atoms with Crippen molar-refractivity contribution in [3.8, 4) is 5.75 Å². The lowest BCUT2D eigenvalue weighted by atomic mass is 10.2. The molecule has 2 nitrogen and oxygen atoms in total. The summed E-state index contributed by atoms with van der Waals surface area (Å²) in [5.74, 6) is 0.922. The standard InChI is InChI=1S/C16H19NO/c1-3-14-6-7-15(17-12-14)10-11-18-16-8-4-13(2)5-9-16/h4-9,12H,3,10-11H2,1-2H3. The van der Waals surface area contributed by atoms with Gasteiger partial charge in [0.05, 0.1) is 6.61 Å². The number of rotatable bonds is 5. The maximum absolute atomic E-state index is 5.68. The summed E-state index contributed by atoms with van der Waals surface area (Å²) in [6, 6.07) is 12.3. The van der Waals surface area contributed by atoms with Crippen LogP contribution in [-0.2, 0) is 12.8 Å². The van der Waals surface area contributed by atoms with Crippen LogP contribution in [0, 0.1) is 6.92 Å². The Kier molecular flexibility index (Phi) is 4.35. The lowest BCUT2D eigenvalue weighted by Crippen LogP contribution is -2.03. The van der Waals surface area contributed by atoms with Gasteiger partial charge in [0, 0.05) is 18.3 Å². The van der Waals surface area contributed by atoms with Crippen molar-refractivity contribution in [1.29, 1.82) is 0 Å². The molecule has 94 valence electrons. The average Bonchev–Trinajstić information content (AvgIpc) is 2.42. The highest BCUT2D eigenvalue weighted by Gasteiger charge is 1.97. The molecule has 0 aliphatic carbocycles. The number of pyridine rings is 1. The van der Waals surface area contributed by atoms with Gasteiger partial charge in [-0.25, -0.2) is 0 Å². The molecule has 0 aliphatic rings. The zero-order chi connectivity index (χ0) is 12.8. The molecule has 0 bridgehead atoms. The van der Waals surface area contributed by atoms with Gasteiger partial charge in [0.15, 0.2) is 0 Å². The lowest BCUT2D eigenvalue weighted by Gasteiger charge is -2.06. The van der Waals surface area contributed by atoms with E-state index in [4.69, 9.17) is 4.74 Å². The number of aryl methyl sites for hydroxylation is 2. The highest BCUT2D eigenvalue weighted by atomic mass is 16.5. The Labute approximate surface area is 109 Å².